The van der Waals surface area contributed by atoms with Crippen molar-refractivity contribution in [2.75, 3.05) is 26.4 Å². The predicted molar refractivity (Wildman–Crippen MR) is 201 cm³/mol. The molecule has 0 fully saturated rings. The van der Waals surface area contributed by atoms with Crippen LogP contribution in [0.1, 0.15) is 194 Å². The Morgan fingerprint density at radius 2 is 0.956 bits per heavy atom. The van der Waals surface area contributed by atoms with Gasteiger partial charge in [-0.3, -0.25) is 4.79 Å². The first-order valence-corrected chi connectivity index (χ1v) is 19.1. The molecule has 0 heterocycles. The van der Waals surface area contributed by atoms with Crippen LogP contribution in [0.25, 0.3) is 0 Å². The molecule has 0 radical (unpaired) electrons. The van der Waals surface area contributed by atoms with E-state index < -0.39 is 0 Å². The molecule has 0 saturated heterocycles. The summed E-state index contributed by atoms with van der Waals surface area (Å²) in [6, 6.07) is 0. The van der Waals surface area contributed by atoms with E-state index in [2.05, 4.69) is 19.2 Å². The normalized spacial score (nSPS) is 11.8. The van der Waals surface area contributed by atoms with E-state index in [1.54, 1.807) is 0 Å². The van der Waals surface area contributed by atoms with E-state index in [0.29, 0.717) is 19.6 Å². The van der Waals surface area contributed by atoms with Gasteiger partial charge in [-0.2, -0.15) is 0 Å². The third kappa shape index (κ3) is 41.9. The van der Waals surface area contributed by atoms with Gasteiger partial charge in [-0.25, -0.2) is 0 Å². The maximum atomic E-state index is 12.3. The van der Waals surface area contributed by atoms with Crippen molar-refractivity contribution in [2.45, 2.75) is 206 Å². The molecule has 1 amide bonds. The molecular formula is C37H79Cl2N3O3. The van der Waals surface area contributed by atoms with Crippen molar-refractivity contribution < 1.29 is 14.3 Å². The van der Waals surface area contributed by atoms with Crippen molar-refractivity contribution in [1.29, 1.82) is 0 Å². The van der Waals surface area contributed by atoms with Crippen LogP contribution >= 0.6 is 24.8 Å². The Morgan fingerprint density at radius 1 is 0.556 bits per heavy atom. The zero-order valence-electron chi connectivity index (χ0n) is 30.0. The fourth-order valence-corrected chi connectivity index (χ4v) is 5.60. The minimum absolute atomic E-state index is 0. The van der Waals surface area contributed by atoms with Gasteiger partial charge in [-0.1, -0.05) is 162 Å². The van der Waals surface area contributed by atoms with Gasteiger partial charge in [-0.15, -0.1) is 24.8 Å². The lowest BCUT2D eigenvalue weighted by atomic mass is 10.1. The smallest absolute Gasteiger partial charge is 0.220 e. The van der Waals surface area contributed by atoms with Gasteiger partial charge in [0.2, 0.25) is 5.91 Å². The Kier molecular flexibility index (Phi) is 45.9. The van der Waals surface area contributed by atoms with Crippen LogP contribution in [-0.4, -0.2) is 44.5 Å². The largest absolute Gasteiger partial charge is 0.379 e. The van der Waals surface area contributed by atoms with Crippen molar-refractivity contribution in [1.82, 2.24) is 5.32 Å². The standard InChI is InChI=1S/C37H77N3O3.2ClH/c1-3-5-7-9-11-13-15-17-19-21-23-27-31-42-34-35(33-40-37(41)30-26-25-29-36(38)39)43-32-28-24-22-20-18-16-14-12-10-8-6-4-2;;/h35-36H,3-34,38-39H2,1-2H3,(H,40,41);2*1H. The van der Waals surface area contributed by atoms with E-state index in [1.807, 2.05) is 0 Å². The van der Waals surface area contributed by atoms with Gasteiger partial charge in [-0.05, 0) is 25.7 Å². The van der Waals surface area contributed by atoms with Crippen molar-refractivity contribution in [3.05, 3.63) is 0 Å². The van der Waals surface area contributed by atoms with Crippen molar-refractivity contribution in [3.63, 3.8) is 0 Å². The average molecular weight is 685 g/mol. The summed E-state index contributed by atoms with van der Waals surface area (Å²) in [5.74, 6) is 0.0746. The molecule has 6 nitrogen and oxygen atoms in total. The molecule has 1 unspecified atom stereocenters. The number of carbonyl (C=O) groups is 1. The molecule has 0 aromatic heterocycles. The second-order valence-electron chi connectivity index (χ2n) is 13.1. The summed E-state index contributed by atoms with van der Waals surface area (Å²) < 4.78 is 12.2. The predicted octanol–water partition coefficient (Wildman–Crippen LogP) is 10.6. The third-order valence-electron chi connectivity index (χ3n) is 8.52. The maximum Gasteiger partial charge on any atom is 0.220 e. The van der Waals surface area contributed by atoms with Crippen LogP contribution in [-0.2, 0) is 14.3 Å². The van der Waals surface area contributed by atoms with Crippen LogP contribution in [0.15, 0.2) is 0 Å². The van der Waals surface area contributed by atoms with Crippen LogP contribution in [0, 0.1) is 0 Å². The zero-order valence-corrected chi connectivity index (χ0v) is 31.6. The number of halogens is 2. The van der Waals surface area contributed by atoms with Crippen LogP contribution in [0.5, 0.6) is 0 Å². The number of carbonyl (C=O) groups excluding carboxylic acids is 1. The molecule has 0 bridgehead atoms. The molecule has 0 aromatic rings. The van der Waals surface area contributed by atoms with Crippen molar-refractivity contribution in [2.24, 2.45) is 11.5 Å². The maximum absolute atomic E-state index is 12.3. The first-order chi connectivity index (χ1) is 21.1. The lowest BCUT2D eigenvalue weighted by Gasteiger charge is -2.19. The SMILES string of the molecule is CCCCCCCCCCCCCCOCC(CNC(=O)CCCCC(N)N)OCCCCCCCCCCCCCC.Cl.Cl. The molecule has 274 valence electrons. The van der Waals surface area contributed by atoms with Crippen LogP contribution in [0.2, 0.25) is 0 Å². The Labute approximate surface area is 293 Å². The molecule has 0 aliphatic heterocycles. The van der Waals surface area contributed by atoms with E-state index in [9.17, 15) is 4.79 Å². The molecular weight excluding hydrogens is 605 g/mol. The molecule has 0 spiro atoms. The monoisotopic (exact) mass is 684 g/mol. The number of hydrogen-bond donors (Lipinski definition) is 3. The van der Waals surface area contributed by atoms with E-state index in [0.717, 1.165) is 45.3 Å². The highest BCUT2D eigenvalue weighted by Gasteiger charge is 2.12. The number of nitrogens with two attached hydrogens (primary N) is 2. The minimum atomic E-state index is -0.289. The quantitative estimate of drug-likeness (QED) is 0.0451. The lowest BCUT2D eigenvalue weighted by Crippen LogP contribution is -2.36. The molecule has 0 rings (SSSR count). The molecule has 0 saturated carbocycles. The van der Waals surface area contributed by atoms with Crippen molar-refractivity contribution in [3.8, 4) is 0 Å². The average Bonchev–Trinajstić information content (AvgIpc) is 3.00. The minimum Gasteiger partial charge on any atom is -0.379 e. The highest BCUT2D eigenvalue weighted by molar-refractivity contribution is 5.85. The highest BCUT2D eigenvalue weighted by Crippen LogP contribution is 2.13. The summed E-state index contributed by atoms with van der Waals surface area (Å²) in [6.45, 7) is 7.16. The van der Waals surface area contributed by atoms with Gasteiger partial charge in [0, 0.05) is 26.2 Å². The number of unbranched alkanes of at least 4 members (excludes halogenated alkanes) is 23. The number of amides is 1. The molecule has 5 N–H and O–H groups in total. The summed E-state index contributed by atoms with van der Waals surface area (Å²) in [5, 5.41) is 3.06. The van der Waals surface area contributed by atoms with Gasteiger partial charge in [0.25, 0.3) is 0 Å². The first-order valence-electron chi connectivity index (χ1n) is 19.1. The molecule has 8 heteroatoms. The third-order valence-corrected chi connectivity index (χ3v) is 8.52. The fourth-order valence-electron chi connectivity index (χ4n) is 5.60. The topological polar surface area (TPSA) is 99.6 Å². The number of nitrogens with one attached hydrogen (secondary N) is 1. The molecule has 0 aliphatic rings. The number of rotatable bonds is 36. The Balaban J connectivity index is -0.00000882. The van der Waals surface area contributed by atoms with Gasteiger partial charge in [0.1, 0.15) is 0 Å². The summed E-state index contributed by atoms with van der Waals surface area (Å²) in [4.78, 5) is 12.3. The van der Waals surface area contributed by atoms with E-state index in [1.165, 1.54) is 141 Å². The Morgan fingerprint density at radius 3 is 1.38 bits per heavy atom. The molecule has 45 heavy (non-hydrogen) atoms. The molecule has 0 aromatic carbocycles. The number of hydrogen-bond acceptors (Lipinski definition) is 5. The number of ether oxygens (including phenoxy) is 2. The fraction of sp³-hybridized carbons (Fsp3) is 0.973. The van der Waals surface area contributed by atoms with Crippen LogP contribution in [0.3, 0.4) is 0 Å². The van der Waals surface area contributed by atoms with Gasteiger partial charge < -0.3 is 26.3 Å². The van der Waals surface area contributed by atoms with Crippen LogP contribution < -0.4 is 16.8 Å². The van der Waals surface area contributed by atoms with Crippen molar-refractivity contribution >= 4 is 30.7 Å². The summed E-state index contributed by atoms with van der Waals surface area (Å²) in [5.41, 5.74) is 11.2. The summed E-state index contributed by atoms with van der Waals surface area (Å²) in [7, 11) is 0. The second-order valence-corrected chi connectivity index (χ2v) is 13.1. The molecule has 0 aliphatic carbocycles. The van der Waals surface area contributed by atoms with Gasteiger partial charge >= 0.3 is 0 Å². The summed E-state index contributed by atoms with van der Waals surface area (Å²) in [6.07, 6.45) is 34.8. The zero-order chi connectivity index (χ0) is 31.5. The Hall–Kier alpha value is -0.110. The van der Waals surface area contributed by atoms with Crippen LogP contribution in [0.4, 0.5) is 0 Å². The Bertz CT molecular complexity index is 559. The van der Waals surface area contributed by atoms with Gasteiger partial charge in [0.15, 0.2) is 0 Å². The lowest BCUT2D eigenvalue weighted by molar-refractivity contribution is -0.122. The van der Waals surface area contributed by atoms with Gasteiger partial charge in [0.05, 0.1) is 18.9 Å². The second kappa shape index (κ2) is 41.9. The van der Waals surface area contributed by atoms with E-state index in [4.69, 9.17) is 20.9 Å². The summed E-state index contributed by atoms with van der Waals surface area (Å²) >= 11 is 0. The van der Waals surface area contributed by atoms with E-state index >= 15 is 0 Å². The highest BCUT2D eigenvalue weighted by atomic mass is 35.5. The molecule has 1 atom stereocenters. The first kappa shape index (κ1) is 49.3. The van der Waals surface area contributed by atoms with E-state index in [-0.39, 0.29) is 43.0 Å².